The number of hydrogen-bond acceptors (Lipinski definition) is 4. The second-order valence-corrected chi connectivity index (χ2v) is 8.82. The van der Waals surface area contributed by atoms with Crippen LogP contribution in [-0.4, -0.2) is 34.5 Å². The number of benzene rings is 1. The summed E-state index contributed by atoms with van der Waals surface area (Å²) in [6, 6.07) is 5.46. The fourth-order valence-electron chi connectivity index (χ4n) is 3.06. The second-order valence-electron chi connectivity index (χ2n) is 8.82. The molecule has 1 unspecified atom stereocenters. The van der Waals surface area contributed by atoms with Gasteiger partial charge in [0.05, 0.1) is 17.6 Å². The van der Waals surface area contributed by atoms with Crippen molar-refractivity contribution in [1.29, 1.82) is 0 Å². The first-order valence-electron chi connectivity index (χ1n) is 8.66. The van der Waals surface area contributed by atoms with Gasteiger partial charge in [0.15, 0.2) is 0 Å². The van der Waals surface area contributed by atoms with Crippen LogP contribution in [0.4, 0.5) is 0 Å². The molecule has 0 amide bonds. The van der Waals surface area contributed by atoms with Gasteiger partial charge in [-0.3, -0.25) is 4.79 Å². The van der Waals surface area contributed by atoms with E-state index < -0.39 is 30.1 Å². The predicted octanol–water partition coefficient (Wildman–Crippen LogP) is 3.88. The van der Waals surface area contributed by atoms with Crippen molar-refractivity contribution in [2.24, 2.45) is 0 Å². The summed E-state index contributed by atoms with van der Waals surface area (Å²) in [5, 5.41) is 20.2. The lowest BCUT2D eigenvalue weighted by Gasteiger charge is -2.32. The quantitative estimate of drug-likeness (QED) is 0.808. The Bertz CT molecular complexity index is 644. The Kier molecular flexibility index (Phi) is 5.01. The maximum atomic E-state index is 11.5. The first-order chi connectivity index (χ1) is 11.3. The molecule has 1 fully saturated rings. The van der Waals surface area contributed by atoms with Gasteiger partial charge in [0, 0.05) is 5.82 Å². The standard InChI is InChI=1S/C19H29BO5/c1-17(2,3)13-10-8-9-12(16(13)23)14(11-15(21)22)20-24-18(4,5)19(6,7)25-20/h8-10,14,23H,11H2,1-7H3,(H,21,22). The number of rotatable bonds is 4. The lowest BCUT2D eigenvalue weighted by molar-refractivity contribution is -0.137. The van der Waals surface area contributed by atoms with Gasteiger partial charge in [-0.15, -0.1) is 0 Å². The molecule has 0 spiro atoms. The van der Waals surface area contributed by atoms with Crippen molar-refractivity contribution < 1.29 is 24.3 Å². The molecule has 0 aliphatic carbocycles. The fraction of sp³-hybridized carbons (Fsp3) is 0.632. The van der Waals surface area contributed by atoms with E-state index in [1.807, 2.05) is 60.6 Å². The molecule has 1 aromatic carbocycles. The van der Waals surface area contributed by atoms with Gasteiger partial charge in [0.1, 0.15) is 5.75 Å². The molecule has 1 heterocycles. The molecule has 138 valence electrons. The van der Waals surface area contributed by atoms with Crippen molar-refractivity contribution in [3.63, 3.8) is 0 Å². The minimum atomic E-state index is -0.958. The summed E-state index contributed by atoms with van der Waals surface area (Å²) in [4.78, 5) is 11.5. The first kappa shape index (κ1) is 19.8. The largest absolute Gasteiger partial charge is 0.507 e. The SMILES string of the molecule is CC(C)(C)c1cccc(C(CC(=O)O)B2OC(C)(C)C(C)(C)O2)c1O. The Balaban J connectivity index is 2.49. The summed E-state index contributed by atoms with van der Waals surface area (Å²) in [6.45, 7) is 13.7. The first-order valence-corrected chi connectivity index (χ1v) is 8.66. The van der Waals surface area contributed by atoms with Gasteiger partial charge < -0.3 is 19.5 Å². The van der Waals surface area contributed by atoms with Crippen molar-refractivity contribution in [1.82, 2.24) is 0 Å². The molecule has 2 rings (SSSR count). The van der Waals surface area contributed by atoms with E-state index in [0.717, 1.165) is 5.56 Å². The highest BCUT2D eigenvalue weighted by Gasteiger charge is 2.54. The van der Waals surface area contributed by atoms with E-state index in [1.54, 1.807) is 6.07 Å². The number of carboxylic acids is 1. The van der Waals surface area contributed by atoms with E-state index in [9.17, 15) is 15.0 Å². The third-order valence-electron chi connectivity index (χ3n) is 5.27. The van der Waals surface area contributed by atoms with Crippen LogP contribution in [0.5, 0.6) is 5.75 Å². The minimum Gasteiger partial charge on any atom is -0.507 e. The van der Waals surface area contributed by atoms with Crippen LogP contribution in [0.2, 0.25) is 0 Å². The molecule has 0 bridgehead atoms. The van der Waals surface area contributed by atoms with E-state index in [1.165, 1.54) is 0 Å². The summed E-state index contributed by atoms with van der Waals surface area (Å²) < 4.78 is 12.1. The molecular weight excluding hydrogens is 319 g/mol. The molecule has 2 N–H and O–H groups in total. The third kappa shape index (κ3) is 3.85. The van der Waals surface area contributed by atoms with Crippen LogP contribution in [0.15, 0.2) is 18.2 Å². The van der Waals surface area contributed by atoms with Crippen molar-refractivity contribution >= 4 is 13.1 Å². The molecule has 5 nitrogen and oxygen atoms in total. The number of hydrogen-bond donors (Lipinski definition) is 2. The van der Waals surface area contributed by atoms with Crippen LogP contribution in [0.3, 0.4) is 0 Å². The lowest BCUT2D eigenvalue weighted by atomic mass is 9.65. The Morgan fingerprint density at radius 2 is 1.68 bits per heavy atom. The molecule has 1 aromatic rings. The lowest BCUT2D eigenvalue weighted by Crippen LogP contribution is -2.41. The number of aliphatic carboxylic acids is 1. The summed E-state index contributed by atoms with van der Waals surface area (Å²) in [6.07, 6.45) is -0.183. The van der Waals surface area contributed by atoms with E-state index in [0.29, 0.717) is 5.56 Å². The molecule has 1 atom stereocenters. The van der Waals surface area contributed by atoms with Crippen LogP contribution in [0.1, 0.15) is 71.8 Å². The number of aromatic hydroxyl groups is 1. The van der Waals surface area contributed by atoms with E-state index in [-0.39, 0.29) is 17.6 Å². The van der Waals surface area contributed by atoms with Crippen molar-refractivity contribution in [2.45, 2.75) is 77.3 Å². The molecule has 1 aliphatic heterocycles. The smallest absolute Gasteiger partial charge is 0.466 e. The summed E-state index contributed by atoms with van der Waals surface area (Å²) >= 11 is 0. The highest BCUT2D eigenvalue weighted by molar-refractivity contribution is 6.48. The van der Waals surface area contributed by atoms with Crippen LogP contribution in [0.25, 0.3) is 0 Å². The van der Waals surface area contributed by atoms with Gasteiger partial charge in [-0.05, 0) is 44.2 Å². The van der Waals surface area contributed by atoms with Crippen LogP contribution < -0.4 is 0 Å². The molecule has 0 saturated carbocycles. The number of para-hydroxylation sites is 1. The maximum Gasteiger partial charge on any atom is 0.466 e. The molecule has 1 aliphatic rings. The second kappa shape index (κ2) is 6.33. The molecule has 1 saturated heterocycles. The van der Waals surface area contributed by atoms with Crippen LogP contribution in [0, 0.1) is 0 Å². The summed E-state index contributed by atoms with van der Waals surface area (Å²) in [5.41, 5.74) is -0.0635. The zero-order valence-corrected chi connectivity index (χ0v) is 16.2. The van der Waals surface area contributed by atoms with Gasteiger partial charge in [-0.25, -0.2) is 0 Å². The van der Waals surface area contributed by atoms with E-state index in [4.69, 9.17) is 9.31 Å². The van der Waals surface area contributed by atoms with Gasteiger partial charge >= 0.3 is 13.1 Å². The Morgan fingerprint density at radius 1 is 1.16 bits per heavy atom. The van der Waals surface area contributed by atoms with Crippen molar-refractivity contribution in [3.05, 3.63) is 29.3 Å². The number of phenolic OH excluding ortho intramolecular Hbond substituents is 1. The van der Waals surface area contributed by atoms with E-state index >= 15 is 0 Å². The average molecular weight is 348 g/mol. The predicted molar refractivity (Wildman–Crippen MR) is 97.9 cm³/mol. The normalized spacial score (nSPS) is 20.5. The highest BCUT2D eigenvalue weighted by Crippen LogP contribution is 2.44. The van der Waals surface area contributed by atoms with Crippen LogP contribution in [-0.2, 0) is 19.5 Å². The monoisotopic (exact) mass is 348 g/mol. The van der Waals surface area contributed by atoms with Crippen molar-refractivity contribution in [3.8, 4) is 5.75 Å². The molecule has 0 radical (unpaired) electrons. The van der Waals surface area contributed by atoms with Crippen LogP contribution >= 0.6 is 0 Å². The number of phenols is 1. The van der Waals surface area contributed by atoms with Crippen molar-refractivity contribution in [2.75, 3.05) is 0 Å². The average Bonchev–Trinajstić information content (AvgIpc) is 2.63. The number of carbonyl (C=O) groups is 1. The Hall–Kier alpha value is -1.53. The van der Waals surface area contributed by atoms with Gasteiger partial charge in [0.2, 0.25) is 0 Å². The minimum absolute atomic E-state index is 0.121. The third-order valence-corrected chi connectivity index (χ3v) is 5.27. The number of carboxylic acid groups (broad SMARTS) is 1. The topological polar surface area (TPSA) is 76.0 Å². The zero-order valence-electron chi connectivity index (χ0n) is 16.2. The Labute approximate surface area is 150 Å². The van der Waals surface area contributed by atoms with Gasteiger partial charge in [-0.1, -0.05) is 39.0 Å². The van der Waals surface area contributed by atoms with Gasteiger partial charge in [-0.2, -0.15) is 0 Å². The fourth-order valence-corrected chi connectivity index (χ4v) is 3.06. The molecule has 0 aromatic heterocycles. The zero-order chi connectivity index (χ0) is 19.2. The maximum absolute atomic E-state index is 11.5. The van der Waals surface area contributed by atoms with Gasteiger partial charge in [0.25, 0.3) is 0 Å². The Morgan fingerprint density at radius 3 is 2.12 bits per heavy atom. The highest BCUT2D eigenvalue weighted by atomic mass is 16.7. The summed E-state index contributed by atoms with van der Waals surface area (Å²) in [7, 11) is -0.734. The summed E-state index contributed by atoms with van der Waals surface area (Å²) in [5.74, 6) is -1.43. The molecular formula is C19H29BO5. The van der Waals surface area contributed by atoms with E-state index in [2.05, 4.69) is 0 Å². The molecule has 25 heavy (non-hydrogen) atoms. The molecule has 6 heteroatoms.